The lowest BCUT2D eigenvalue weighted by atomic mass is 10.1. The van der Waals surface area contributed by atoms with Crippen LogP contribution >= 0.6 is 0 Å². The fourth-order valence-corrected chi connectivity index (χ4v) is 1.94. The molecule has 6 heteroatoms. The normalized spacial score (nSPS) is 10.0. The molecule has 0 unspecified atom stereocenters. The van der Waals surface area contributed by atoms with Gasteiger partial charge >= 0.3 is 6.03 Å². The molecule has 2 aromatic rings. The molecule has 0 aromatic heterocycles. The third kappa shape index (κ3) is 5.43. The first-order valence-corrected chi connectivity index (χ1v) is 7.15. The van der Waals surface area contributed by atoms with Gasteiger partial charge in [-0.3, -0.25) is 4.79 Å². The maximum absolute atomic E-state index is 12.8. The predicted octanol–water partition coefficient (Wildman–Crippen LogP) is 2.44. The van der Waals surface area contributed by atoms with Crippen molar-refractivity contribution < 1.29 is 14.0 Å². The number of hydrogen-bond donors (Lipinski definition) is 3. The first-order chi connectivity index (χ1) is 11.1. The highest BCUT2D eigenvalue weighted by Crippen LogP contribution is 2.10. The zero-order chi connectivity index (χ0) is 16.7. The van der Waals surface area contributed by atoms with Gasteiger partial charge in [0, 0.05) is 19.3 Å². The molecular formula is C17H18FN3O2. The number of benzene rings is 2. The predicted molar refractivity (Wildman–Crippen MR) is 86.5 cm³/mol. The van der Waals surface area contributed by atoms with E-state index in [1.54, 1.807) is 43.4 Å². The fraction of sp³-hybridized carbons (Fsp3) is 0.176. The molecule has 23 heavy (non-hydrogen) atoms. The minimum atomic E-state index is -0.353. The summed E-state index contributed by atoms with van der Waals surface area (Å²) in [7, 11) is 1.59. The zero-order valence-corrected chi connectivity index (χ0v) is 12.7. The van der Waals surface area contributed by atoms with Gasteiger partial charge in [0.15, 0.2) is 0 Å². The van der Waals surface area contributed by atoms with Gasteiger partial charge in [0.1, 0.15) is 5.82 Å². The molecule has 0 saturated heterocycles. The third-order valence-electron chi connectivity index (χ3n) is 3.22. The van der Waals surface area contributed by atoms with Crippen LogP contribution in [0.15, 0.2) is 48.5 Å². The van der Waals surface area contributed by atoms with Crippen molar-refractivity contribution in [3.05, 3.63) is 65.5 Å². The number of halogens is 1. The number of nitrogens with one attached hydrogen (secondary N) is 3. The topological polar surface area (TPSA) is 70.2 Å². The van der Waals surface area contributed by atoms with E-state index in [1.165, 1.54) is 12.1 Å². The molecule has 2 rings (SSSR count). The largest absolute Gasteiger partial charge is 0.359 e. The van der Waals surface area contributed by atoms with Crippen LogP contribution in [0.1, 0.15) is 11.1 Å². The van der Waals surface area contributed by atoms with Gasteiger partial charge in [-0.2, -0.15) is 0 Å². The molecule has 0 aliphatic carbocycles. The van der Waals surface area contributed by atoms with Crippen molar-refractivity contribution in [3.63, 3.8) is 0 Å². The van der Waals surface area contributed by atoms with Crippen molar-refractivity contribution in [2.24, 2.45) is 0 Å². The van der Waals surface area contributed by atoms with Gasteiger partial charge in [-0.15, -0.1) is 0 Å². The number of carbonyl (C=O) groups is 2. The summed E-state index contributed by atoms with van der Waals surface area (Å²) in [6.07, 6.45) is 0.299. The summed E-state index contributed by atoms with van der Waals surface area (Å²) in [5.41, 5.74) is 2.30. The third-order valence-corrected chi connectivity index (χ3v) is 3.22. The van der Waals surface area contributed by atoms with E-state index in [1.807, 2.05) is 0 Å². The summed E-state index contributed by atoms with van der Waals surface area (Å²) >= 11 is 0. The van der Waals surface area contributed by atoms with Crippen molar-refractivity contribution in [3.8, 4) is 0 Å². The van der Waals surface area contributed by atoms with Crippen molar-refractivity contribution in [2.75, 3.05) is 12.4 Å². The standard InChI is InChI=1S/C17H18FN3O2/c1-19-16(22)10-12-4-8-15(9-5-12)21-17(23)20-11-13-2-6-14(18)7-3-13/h2-9H,10-11H2,1H3,(H,19,22)(H2,20,21,23). The van der Waals surface area contributed by atoms with Crippen LogP contribution in [0.5, 0.6) is 0 Å². The first kappa shape index (κ1) is 16.5. The van der Waals surface area contributed by atoms with E-state index in [-0.39, 0.29) is 17.8 Å². The Bertz CT molecular complexity index is 669. The second-order valence-corrected chi connectivity index (χ2v) is 4.98. The van der Waals surface area contributed by atoms with Gasteiger partial charge in [-0.25, -0.2) is 9.18 Å². The highest BCUT2D eigenvalue weighted by molar-refractivity contribution is 5.89. The van der Waals surface area contributed by atoms with Gasteiger partial charge in [-0.05, 0) is 35.4 Å². The van der Waals surface area contributed by atoms with E-state index in [0.717, 1.165) is 11.1 Å². The van der Waals surface area contributed by atoms with Crippen molar-refractivity contribution >= 4 is 17.6 Å². The SMILES string of the molecule is CNC(=O)Cc1ccc(NC(=O)NCc2ccc(F)cc2)cc1. The van der Waals surface area contributed by atoms with Crippen molar-refractivity contribution in [1.82, 2.24) is 10.6 Å². The highest BCUT2D eigenvalue weighted by atomic mass is 19.1. The van der Waals surface area contributed by atoms with Crippen LogP contribution in [-0.4, -0.2) is 19.0 Å². The molecule has 0 aliphatic rings. The Hall–Kier alpha value is -2.89. The number of anilines is 1. The lowest BCUT2D eigenvalue weighted by Gasteiger charge is -2.08. The molecule has 2 aromatic carbocycles. The number of urea groups is 1. The number of carbonyl (C=O) groups excluding carboxylic acids is 2. The minimum absolute atomic E-state index is 0.0669. The van der Waals surface area contributed by atoms with Crippen LogP contribution in [0.3, 0.4) is 0 Å². The highest BCUT2D eigenvalue weighted by Gasteiger charge is 2.04. The molecule has 0 heterocycles. The van der Waals surface area contributed by atoms with E-state index in [0.29, 0.717) is 18.7 Å². The van der Waals surface area contributed by atoms with Crippen LogP contribution in [0.25, 0.3) is 0 Å². The second-order valence-electron chi connectivity index (χ2n) is 4.98. The van der Waals surface area contributed by atoms with E-state index in [9.17, 15) is 14.0 Å². The Morgan fingerprint density at radius 3 is 2.17 bits per heavy atom. The van der Waals surface area contributed by atoms with Gasteiger partial charge in [-0.1, -0.05) is 24.3 Å². The molecule has 0 spiro atoms. The van der Waals surface area contributed by atoms with Gasteiger partial charge < -0.3 is 16.0 Å². The molecule has 5 nitrogen and oxygen atoms in total. The molecule has 3 N–H and O–H groups in total. The van der Waals surface area contributed by atoms with Crippen molar-refractivity contribution in [1.29, 1.82) is 0 Å². The Kier molecular flexibility index (Phi) is 5.68. The molecule has 0 radical (unpaired) electrons. The Morgan fingerprint density at radius 2 is 1.57 bits per heavy atom. The summed E-state index contributed by atoms with van der Waals surface area (Å²) in [6.45, 7) is 0.306. The summed E-state index contributed by atoms with van der Waals surface area (Å²) in [5, 5.41) is 7.93. The number of hydrogen-bond acceptors (Lipinski definition) is 2. The molecule has 0 saturated carbocycles. The minimum Gasteiger partial charge on any atom is -0.359 e. The first-order valence-electron chi connectivity index (χ1n) is 7.15. The van der Waals surface area contributed by atoms with Gasteiger partial charge in [0.05, 0.1) is 6.42 Å². The number of likely N-dealkylation sites (N-methyl/N-ethyl adjacent to an activating group) is 1. The second kappa shape index (κ2) is 7.93. The molecule has 0 aliphatic heterocycles. The summed E-state index contributed by atoms with van der Waals surface area (Å²) < 4.78 is 12.8. The quantitative estimate of drug-likeness (QED) is 0.793. The van der Waals surface area contributed by atoms with E-state index in [2.05, 4.69) is 16.0 Å². The average Bonchev–Trinajstić information content (AvgIpc) is 2.56. The Labute approximate surface area is 133 Å². The maximum atomic E-state index is 12.8. The van der Waals surface area contributed by atoms with Crippen LogP contribution in [0, 0.1) is 5.82 Å². The van der Waals surface area contributed by atoms with Crippen LogP contribution in [-0.2, 0) is 17.8 Å². The Morgan fingerprint density at radius 1 is 0.957 bits per heavy atom. The Balaban J connectivity index is 1.82. The molecule has 0 fully saturated rings. The summed E-state index contributed by atoms with van der Waals surface area (Å²) in [6, 6.07) is 12.6. The smallest absolute Gasteiger partial charge is 0.319 e. The molecule has 3 amide bonds. The zero-order valence-electron chi connectivity index (χ0n) is 12.7. The van der Waals surface area contributed by atoms with Crippen LogP contribution in [0.4, 0.5) is 14.9 Å². The maximum Gasteiger partial charge on any atom is 0.319 e. The fourth-order valence-electron chi connectivity index (χ4n) is 1.94. The monoisotopic (exact) mass is 315 g/mol. The van der Waals surface area contributed by atoms with Gasteiger partial charge in [0.2, 0.25) is 5.91 Å². The summed E-state index contributed by atoms with van der Waals surface area (Å²) in [5.74, 6) is -0.377. The summed E-state index contributed by atoms with van der Waals surface area (Å²) in [4.78, 5) is 23.1. The van der Waals surface area contributed by atoms with Gasteiger partial charge in [0.25, 0.3) is 0 Å². The average molecular weight is 315 g/mol. The van der Waals surface area contributed by atoms with E-state index >= 15 is 0 Å². The van der Waals surface area contributed by atoms with E-state index < -0.39 is 0 Å². The molecule has 0 bridgehead atoms. The number of amides is 3. The lowest BCUT2D eigenvalue weighted by Crippen LogP contribution is -2.28. The molecule has 0 atom stereocenters. The molecular weight excluding hydrogens is 297 g/mol. The van der Waals surface area contributed by atoms with Crippen LogP contribution in [0.2, 0.25) is 0 Å². The van der Waals surface area contributed by atoms with Crippen molar-refractivity contribution in [2.45, 2.75) is 13.0 Å². The van der Waals surface area contributed by atoms with Crippen LogP contribution < -0.4 is 16.0 Å². The van der Waals surface area contributed by atoms with E-state index in [4.69, 9.17) is 0 Å². The lowest BCUT2D eigenvalue weighted by molar-refractivity contribution is -0.119. The number of rotatable bonds is 5. The molecule has 120 valence electrons.